The molecule has 168 valence electrons. The largest absolute Gasteiger partial charge is 0.489 e. The van der Waals surface area contributed by atoms with Gasteiger partial charge in [-0.1, -0.05) is 30.3 Å². The van der Waals surface area contributed by atoms with E-state index in [1.165, 1.54) is 12.1 Å². The zero-order chi connectivity index (χ0) is 24.1. The smallest absolute Gasteiger partial charge is 0.269 e. The Morgan fingerprint density at radius 3 is 2.32 bits per heavy atom. The topological polar surface area (TPSA) is 81.1 Å². The predicted octanol–water partition coefficient (Wildman–Crippen LogP) is 6.65. The van der Waals surface area contributed by atoms with E-state index in [1.807, 2.05) is 80.6 Å². The van der Waals surface area contributed by atoms with Crippen molar-refractivity contribution >= 4 is 17.3 Å². The van der Waals surface area contributed by atoms with Crippen LogP contribution in [0.5, 0.6) is 5.75 Å². The minimum atomic E-state index is -0.453. The van der Waals surface area contributed by atoms with Gasteiger partial charge in [-0.15, -0.1) is 0 Å². The van der Waals surface area contributed by atoms with E-state index in [1.54, 1.807) is 12.1 Å². The van der Waals surface area contributed by atoms with Gasteiger partial charge in [0.15, 0.2) is 0 Å². The van der Waals surface area contributed by atoms with Gasteiger partial charge in [0, 0.05) is 29.2 Å². The normalized spacial score (nSPS) is 11.1. The maximum Gasteiger partial charge on any atom is 0.269 e. The molecule has 0 N–H and O–H groups in total. The van der Waals surface area contributed by atoms with E-state index in [2.05, 4.69) is 10.6 Å². The summed E-state index contributed by atoms with van der Waals surface area (Å²) in [5, 5.41) is 20.6. The van der Waals surface area contributed by atoms with Crippen LogP contribution in [-0.4, -0.2) is 9.49 Å². The molecule has 4 rings (SSSR count). The first-order valence-electron chi connectivity index (χ1n) is 10.8. The number of non-ortho nitro benzene ring substituents is 1. The number of aryl methyl sites for hydroxylation is 1. The number of nitro groups is 1. The zero-order valence-corrected chi connectivity index (χ0v) is 18.9. The van der Waals surface area contributed by atoms with Crippen LogP contribution in [0.25, 0.3) is 17.3 Å². The number of nitro benzene ring substituents is 1. The molecule has 0 spiro atoms. The van der Waals surface area contributed by atoms with E-state index < -0.39 is 4.92 Å². The first-order valence-corrected chi connectivity index (χ1v) is 10.8. The Morgan fingerprint density at radius 1 is 1.03 bits per heavy atom. The first kappa shape index (κ1) is 22.6. The molecule has 1 heterocycles. The number of rotatable bonds is 7. The summed E-state index contributed by atoms with van der Waals surface area (Å²) >= 11 is 0. The van der Waals surface area contributed by atoms with Gasteiger partial charge >= 0.3 is 0 Å². The molecule has 0 bridgehead atoms. The van der Waals surface area contributed by atoms with Gasteiger partial charge < -0.3 is 9.30 Å². The SMILES string of the molecule is Cc1cc(/C=C(/C#N)c2ccc([N+](=O)[O-])cc2)c(C)n1-c1ccc(OCc2ccccc2)cc1. The minimum absolute atomic E-state index is 0.00425. The summed E-state index contributed by atoms with van der Waals surface area (Å²) in [4.78, 5) is 10.4. The highest BCUT2D eigenvalue weighted by Crippen LogP contribution is 2.27. The molecule has 0 saturated carbocycles. The van der Waals surface area contributed by atoms with E-state index in [0.29, 0.717) is 17.7 Å². The fourth-order valence-electron chi connectivity index (χ4n) is 3.86. The molecule has 0 fully saturated rings. The molecular weight excluding hydrogens is 426 g/mol. The molecule has 0 radical (unpaired) electrons. The monoisotopic (exact) mass is 449 g/mol. The van der Waals surface area contributed by atoms with Crippen LogP contribution in [-0.2, 0) is 6.61 Å². The molecule has 4 aromatic rings. The number of hydrogen-bond donors (Lipinski definition) is 0. The van der Waals surface area contributed by atoms with E-state index in [9.17, 15) is 15.4 Å². The Labute approximate surface area is 198 Å². The van der Waals surface area contributed by atoms with Gasteiger partial charge in [0.1, 0.15) is 12.4 Å². The summed E-state index contributed by atoms with van der Waals surface area (Å²) in [6.07, 6.45) is 1.82. The van der Waals surface area contributed by atoms with Crippen molar-refractivity contribution in [2.24, 2.45) is 0 Å². The third-order valence-electron chi connectivity index (χ3n) is 5.62. The lowest BCUT2D eigenvalue weighted by Gasteiger charge is -2.11. The van der Waals surface area contributed by atoms with Crippen molar-refractivity contribution in [3.8, 4) is 17.5 Å². The van der Waals surface area contributed by atoms with Crippen LogP contribution in [0, 0.1) is 35.3 Å². The molecule has 0 saturated heterocycles. The van der Waals surface area contributed by atoms with Crippen molar-refractivity contribution in [3.05, 3.63) is 123 Å². The predicted molar refractivity (Wildman–Crippen MR) is 133 cm³/mol. The molecule has 6 heteroatoms. The summed E-state index contributed by atoms with van der Waals surface area (Å²) in [5.41, 5.74) is 6.12. The van der Waals surface area contributed by atoms with Crippen molar-refractivity contribution in [2.45, 2.75) is 20.5 Å². The van der Waals surface area contributed by atoms with Gasteiger partial charge in [-0.25, -0.2) is 0 Å². The lowest BCUT2D eigenvalue weighted by atomic mass is 10.0. The highest BCUT2D eigenvalue weighted by Gasteiger charge is 2.12. The number of aromatic nitrogens is 1. The Hall–Kier alpha value is -4.63. The summed E-state index contributed by atoms with van der Waals surface area (Å²) in [6, 6.07) is 28.2. The molecule has 3 aromatic carbocycles. The molecule has 6 nitrogen and oxygen atoms in total. The maximum absolute atomic E-state index is 10.9. The van der Waals surface area contributed by atoms with Crippen molar-refractivity contribution in [1.82, 2.24) is 4.57 Å². The molecule has 0 aliphatic heterocycles. The number of ether oxygens (including phenoxy) is 1. The van der Waals surface area contributed by atoms with Crippen LogP contribution >= 0.6 is 0 Å². The summed E-state index contributed by atoms with van der Waals surface area (Å²) in [7, 11) is 0. The minimum Gasteiger partial charge on any atom is -0.489 e. The molecule has 0 aliphatic carbocycles. The van der Waals surface area contributed by atoms with Crippen molar-refractivity contribution in [2.75, 3.05) is 0 Å². The lowest BCUT2D eigenvalue weighted by molar-refractivity contribution is -0.384. The molecule has 1 aromatic heterocycles. The third kappa shape index (κ3) is 4.89. The van der Waals surface area contributed by atoms with Gasteiger partial charge in [-0.05, 0) is 79.1 Å². The molecular formula is C28H23N3O3. The van der Waals surface area contributed by atoms with Crippen molar-refractivity contribution in [3.63, 3.8) is 0 Å². The highest BCUT2D eigenvalue weighted by atomic mass is 16.6. The Kier molecular flexibility index (Phi) is 6.56. The van der Waals surface area contributed by atoms with E-state index in [0.717, 1.165) is 34.0 Å². The molecule has 0 amide bonds. The van der Waals surface area contributed by atoms with Gasteiger partial charge in [0.05, 0.1) is 16.6 Å². The molecule has 0 aliphatic rings. The molecule has 0 unspecified atom stereocenters. The van der Waals surface area contributed by atoms with Crippen LogP contribution in [0.2, 0.25) is 0 Å². The van der Waals surface area contributed by atoms with E-state index in [-0.39, 0.29) is 5.69 Å². The average Bonchev–Trinajstić information content (AvgIpc) is 3.14. The van der Waals surface area contributed by atoms with Crippen LogP contribution in [0.15, 0.2) is 84.9 Å². The Morgan fingerprint density at radius 2 is 1.71 bits per heavy atom. The molecule has 0 atom stereocenters. The van der Waals surface area contributed by atoms with Crippen molar-refractivity contribution < 1.29 is 9.66 Å². The zero-order valence-electron chi connectivity index (χ0n) is 18.9. The van der Waals surface area contributed by atoms with Gasteiger partial charge in [-0.3, -0.25) is 10.1 Å². The third-order valence-corrected chi connectivity index (χ3v) is 5.62. The van der Waals surface area contributed by atoms with Gasteiger partial charge in [0.2, 0.25) is 0 Å². The first-order chi connectivity index (χ1) is 16.5. The molecule has 34 heavy (non-hydrogen) atoms. The van der Waals surface area contributed by atoms with E-state index in [4.69, 9.17) is 4.74 Å². The van der Waals surface area contributed by atoms with E-state index >= 15 is 0 Å². The number of hydrogen-bond acceptors (Lipinski definition) is 4. The standard InChI is InChI=1S/C28H23N3O3/c1-20-16-24(17-25(18-29)23-8-10-27(11-9-23)31(32)33)21(2)30(20)26-12-14-28(15-13-26)34-19-22-6-4-3-5-7-22/h3-17H,19H2,1-2H3/b25-17-. The number of benzene rings is 3. The highest BCUT2D eigenvalue weighted by molar-refractivity contribution is 5.90. The van der Waals surface area contributed by atoms with Gasteiger partial charge in [-0.2, -0.15) is 5.26 Å². The van der Waals surface area contributed by atoms with Crippen LogP contribution in [0.4, 0.5) is 5.69 Å². The summed E-state index contributed by atoms with van der Waals surface area (Å²) in [5.74, 6) is 0.792. The maximum atomic E-state index is 10.9. The van der Waals surface area contributed by atoms with Crippen LogP contribution in [0.3, 0.4) is 0 Å². The van der Waals surface area contributed by atoms with Crippen LogP contribution in [0.1, 0.15) is 28.1 Å². The second-order valence-corrected chi connectivity index (χ2v) is 7.90. The Bertz CT molecular complexity index is 1380. The van der Waals surface area contributed by atoms with Gasteiger partial charge in [0.25, 0.3) is 5.69 Å². The number of nitrogens with zero attached hydrogens (tertiary/aromatic N) is 3. The number of allylic oxidation sites excluding steroid dienone is 1. The Balaban J connectivity index is 1.57. The lowest BCUT2D eigenvalue weighted by Crippen LogP contribution is -2.00. The second kappa shape index (κ2) is 9.88. The van der Waals surface area contributed by atoms with Crippen molar-refractivity contribution in [1.29, 1.82) is 5.26 Å². The average molecular weight is 450 g/mol. The summed E-state index contributed by atoms with van der Waals surface area (Å²) < 4.78 is 8.01. The quantitative estimate of drug-likeness (QED) is 0.180. The number of nitriles is 1. The fourth-order valence-corrected chi connectivity index (χ4v) is 3.86. The van der Waals surface area contributed by atoms with Crippen LogP contribution < -0.4 is 4.74 Å². The summed E-state index contributed by atoms with van der Waals surface area (Å²) in [6.45, 7) is 4.53. The second-order valence-electron chi connectivity index (χ2n) is 7.90. The fraction of sp³-hybridized carbons (Fsp3) is 0.107.